The van der Waals surface area contributed by atoms with E-state index in [1.54, 1.807) is 6.08 Å². The molecule has 0 radical (unpaired) electrons. The summed E-state index contributed by atoms with van der Waals surface area (Å²) in [6.07, 6.45) is 6.96. The third kappa shape index (κ3) is 2.16. The summed E-state index contributed by atoms with van der Waals surface area (Å²) in [4.78, 5) is 24.4. The van der Waals surface area contributed by atoms with Gasteiger partial charge in [0.1, 0.15) is 6.61 Å². The summed E-state index contributed by atoms with van der Waals surface area (Å²) in [5.74, 6) is -0.660. The first kappa shape index (κ1) is 18.8. The highest BCUT2D eigenvalue weighted by atomic mass is 16.3. The summed E-state index contributed by atoms with van der Waals surface area (Å²) < 4.78 is 0. The lowest BCUT2D eigenvalue weighted by Crippen LogP contribution is -2.61. The molecule has 4 aliphatic rings. The maximum atomic E-state index is 12.5. The van der Waals surface area contributed by atoms with Crippen molar-refractivity contribution in [1.29, 1.82) is 0 Å². The Morgan fingerprint density at radius 3 is 2.74 bits per heavy atom. The van der Waals surface area contributed by atoms with Crippen molar-refractivity contribution >= 4 is 11.6 Å². The van der Waals surface area contributed by atoms with Crippen LogP contribution >= 0.6 is 0 Å². The van der Waals surface area contributed by atoms with Crippen molar-refractivity contribution < 1.29 is 24.9 Å². The van der Waals surface area contributed by atoms with Gasteiger partial charge in [0.2, 0.25) is 0 Å². The van der Waals surface area contributed by atoms with Gasteiger partial charge in [-0.1, -0.05) is 32.6 Å². The number of aliphatic hydroxyl groups excluding tert-OH is 2. The molecular weight excluding hydrogens is 344 g/mol. The van der Waals surface area contributed by atoms with E-state index < -0.39 is 29.5 Å². The van der Waals surface area contributed by atoms with Crippen molar-refractivity contribution in [1.82, 2.24) is 0 Å². The van der Waals surface area contributed by atoms with Crippen LogP contribution in [0.2, 0.25) is 0 Å². The minimum atomic E-state index is -1.81. The predicted molar refractivity (Wildman–Crippen MR) is 99.6 cm³/mol. The summed E-state index contributed by atoms with van der Waals surface area (Å²) in [6, 6.07) is 0. The lowest BCUT2D eigenvalue weighted by Gasteiger charge is -2.58. The highest BCUT2D eigenvalue weighted by molar-refractivity contribution is 5.93. The average Bonchev–Trinajstić information content (AvgIpc) is 2.82. The molecule has 4 rings (SSSR count). The van der Waals surface area contributed by atoms with Crippen LogP contribution in [0.25, 0.3) is 0 Å². The summed E-state index contributed by atoms with van der Waals surface area (Å²) in [5.41, 5.74) is -1.58. The second-order valence-corrected chi connectivity index (χ2v) is 9.34. The Kier molecular flexibility index (Phi) is 3.98. The molecule has 0 amide bonds. The molecule has 146 valence electrons. The van der Waals surface area contributed by atoms with Gasteiger partial charge in [-0.05, 0) is 53.7 Å². The van der Waals surface area contributed by atoms with Crippen molar-refractivity contribution in [2.45, 2.75) is 51.2 Å². The second kappa shape index (κ2) is 5.72. The van der Waals surface area contributed by atoms with E-state index in [-0.39, 0.29) is 35.4 Å². The van der Waals surface area contributed by atoms with Gasteiger partial charge in [-0.3, -0.25) is 9.59 Å². The topological polar surface area (TPSA) is 94.8 Å². The molecule has 0 aromatic rings. The first-order chi connectivity index (χ1) is 12.6. The van der Waals surface area contributed by atoms with Crippen LogP contribution < -0.4 is 0 Å². The molecule has 4 aliphatic carbocycles. The van der Waals surface area contributed by atoms with Crippen LogP contribution in [-0.2, 0) is 9.59 Å². The number of allylic oxidation sites excluding steroid dienone is 4. The monoisotopic (exact) mass is 372 g/mol. The number of carbonyl (C=O) groups is 2. The number of hydrogen-bond acceptors (Lipinski definition) is 5. The molecule has 5 heteroatoms. The summed E-state index contributed by atoms with van der Waals surface area (Å²) >= 11 is 0. The standard InChI is InChI=1S/C22H28O5/c1-12-8-16-15-5-4-13-9-14(24)6-7-20(13,2)19(15)17(25)10-21(16,3)22(12,27)18(26)11-23/h4-5,9,15-17,19,23,25,27H,1,6-8,10-11H2,2-3H3/t15?,16?,17-,19?,20-,21-,22-/m0/s1. The Morgan fingerprint density at radius 1 is 1.37 bits per heavy atom. The zero-order valence-electron chi connectivity index (χ0n) is 15.9. The zero-order chi connectivity index (χ0) is 19.8. The number of Topliss-reactive ketones (excluding diaryl/α,β-unsaturated/α-hetero) is 1. The smallest absolute Gasteiger partial charge is 0.194 e. The maximum Gasteiger partial charge on any atom is 0.194 e. The SMILES string of the molecule is C=C1CC2C3C=CC4=CC(=O)CC[C@]4(C)C3[C@@H](O)C[C@]2(C)[C@@]1(O)C(=O)CO. The largest absolute Gasteiger partial charge is 0.393 e. The Balaban J connectivity index is 1.83. The van der Waals surface area contributed by atoms with Gasteiger partial charge in [0, 0.05) is 17.8 Å². The van der Waals surface area contributed by atoms with Crippen molar-refractivity contribution in [3.05, 3.63) is 36.0 Å². The molecule has 0 bridgehead atoms. The van der Waals surface area contributed by atoms with Crippen LogP contribution in [-0.4, -0.2) is 45.2 Å². The summed E-state index contributed by atoms with van der Waals surface area (Å²) in [6.45, 7) is 7.19. The third-order valence-electron chi connectivity index (χ3n) is 8.20. The molecule has 0 heterocycles. The maximum absolute atomic E-state index is 12.5. The molecule has 0 spiro atoms. The zero-order valence-corrected chi connectivity index (χ0v) is 15.9. The number of ketones is 2. The van der Waals surface area contributed by atoms with E-state index >= 15 is 0 Å². The highest BCUT2D eigenvalue weighted by Crippen LogP contribution is 2.67. The first-order valence-electron chi connectivity index (χ1n) is 9.75. The van der Waals surface area contributed by atoms with Gasteiger partial charge in [-0.2, -0.15) is 0 Å². The molecule has 0 aromatic heterocycles. The predicted octanol–water partition coefficient (Wildman–Crippen LogP) is 1.72. The molecule has 7 atom stereocenters. The van der Waals surface area contributed by atoms with Gasteiger partial charge in [0.15, 0.2) is 17.2 Å². The number of hydrogen-bond donors (Lipinski definition) is 3. The molecule has 27 heavy (non-hydrogen) atoms. The minimum Gasteiger partial charge on any atom is -0.393 e. The van der Waals surface area contributed by atoms with Crippen LogP contribution in [0.3, 0.4) is 0 Å². The average molecular weight is 372 g/mol. The molecule has 2 fully saturated rings. The lowest BCUT2D eigenvalue weighted by molar-refractivity contribution is -0.169. The van der Waals surface area contributed by atoms with E-state index in [4.69, 9.17) is 0 Å². The van der Waals surface area contributed by atoms with Crippen LogP contribution in [0.4, 0.5) is 0 Å². The molecule has 3 N–H and O–H groups in total. The van der Waals surface area contributed by atoms with Crippen LogP contribution in [0, 0.1) is 28.6 Å². The molecule has 3 unspecified atom stereocenters. The fourth-order valence-corrected chi connectivity index (χ4v) is 6.72. The van der Waals surface area contributed by atoms with Gasteiger partial charge >= 0.3 is 0 Å². The Morgan fingerprint density at radius 2 is 2.07 bits per heavy atom. The first-order valence-corrected chi connectivity index (χ1v) is 9.75. The molecule has 0 aliphatic heterocycles. The fourth-order valence-electron chi connectivity index (χ4n) is 6.72. The Labute approximate surface area is 159 Å². The second-order valence-electron chi connectivity index (χ2n) is 9.34. The Bertz CT molecular complexity index is 795. The third-order valence-corrected chi connectivity index (χ3v) is 8.20. The molecule has 5 nitrogen and oxygen atoms in total. The molecular formula is C22H28O5. The summed E-state index contributed by atoms with van der Waals surface area (Å²) in [5, 5.41) is 32.0. The van der Waals surface area contributed by atoms with E-state index in [9.17, 15) is 24.9 Å². The van der Waals surface area contributed by atoms with E-state index in [1.807, 2.05) is 19.1 Å². The molecule has 0 aromatic carbocycles. The molecule has 0 saturated heterocycles. The lowest BCUT2D eigenvalue weighted by atomic mass is 9.47. The van der Waals surface area contributed by atoms with Gasteiger partial charge < -0.3 is 15.3 Å². The van der Waals surface area contributed by atoms with Crippen molar-refractivity contribution in [2.75, 3.05) is 6.61 Å². The van der Waals surface area contributed by atoms with Crippen molar-refractivity contribution in [3.8, 4) is 0 Å². The van der Waals surface area contributed by atoms with Crippen LogP contribution in [0.15, 0.2) is 36.0 Å². The van der Waals surface area contributed by atoms with E-state index in [1.165, 1.54) is 0 Å². The van der Waals surface area contributed by atoms with Crippen molar-refractivity contribution in [3.63, 3.8) is 0 Å². The number of aliphatic hydroxyl groups is 3. The van der Waals surface area contributed by atoms with Crippen LogP contribution in [0.1, 0.15) is 39.5 Å². The van der Waals surface area contributed by atoms with Gasteiger partial charge in [0.05, 0.1) is 6.10 Å². The summed E-state index contributed by atoms with van der Waals surface area (Å²) in [7, 11) is 0. The van der Waals surface area contributed by atoms with E-state index in [2.05, 4.69) is 13.5 Å². The van der Waals surface area contributed by atoms with E-state index in [0.29, 0.717) is 24.8 Å². The van der Waals surface area contributed by atoms with Crippen molar-refractivity contribution in [2.24, 2.45) is 28.6 Å². The van der Waals surface area contributed by atoms with Crippen LogP contribution in [0.5, 0.6) is 0 Å². The highest BCUT2D eigenvalue weighted by Gasteiger charge is 2.69. The van der Waals surface area contributed by atoms with Gasteiger partial charge in [-0.15, -0.1) is 0 Å². The number of fused-ring (bicyclic) bond motifs is 5. The molecule has 2 saturated carbocycles. The fraction of sp³-hybridized carbons (Fsp3) is 0.636. The Hall–Kier alpha value is -1.56. The van der Waals surface area contributed by atoms with E-state index in [0.717, 1.165) is 5.57 Å². The number of rotatable bonds is 2. The minimum absolute atomic E-state index is 0.0219. The van der Waals surface area contributed by atoms with Gasteiger partial charge in [0.25, 0.3) is 0 Å². The van der Waals surface area contributed by atoms with Gasteiger partial charge in [-0.25, -0.2) is 0 Å². The number of carbonyl (C=O) groups excluding carboxylic acids is 2. The normalized spacial score (nSPS) is 48.6. The quantitative estimate of drug-likeness (QED) is 0.642.